The second kappa shape index (κ2) is 7.99. The summed E-state index contributed by atoms with van der Waals surface area (Å²) in [6, 6.07) is 10.8. The Bertz CT molecular complexity index is 881. The zero-order valence-electron chi connectivity index (χ0n) is 16.6. The topological polar surface area (TPSA) is 95.7 Å². The van der Waals surface area contributed by atoms with Crippen LogP contribution in [0, 0.1) is 5.41 Å². The first kappa shape index (κ1) is 19.6. The summed E-state index contributed by atoms with van der Waals surface area (Å²) < 4.78 is 5.24. The Kier molecular flexibility index (Phi) is 5.41. The lowest BCUT2D eigenvalue weighted by Crippen LogP contribution is -2.60. The van der Waals surface area contributed by atoms with Crippen molar-refractivity contribution in [2.45, 2.75) is 51.2 Å². The van der Waals surface area contributed by atoms with Gasteiger partial charge in [-0.05, 0) is 31.2 Å². The van der Waals surface area contributed by atoms with E-state index < -0.39 is 17.6 Å². The SMILES string of the molecule is CCCc1cc(C(=O)N2CCC[C@@]3(C[C@@H](O)[C@H](c4ccccc4)NC3=O)C2)on1. The number of rotatable bonds is 4. The fraction of sp³-hybridized carbons (Fsp3) is 0.500. The Morgan fingerprint density at radius 1 is 1.38 bits per heavy atom. The zero-order valence-corrected chi connectivity index (χ0v) is 16.6. The highest BCUT2D eigenvalue weighted by Crippen LogP contribution is 2.41. The zero-order chi connectivity index (χ0) is 20.4. The maximum absolute atomic E-state index is 13.1. The quantitative estimate of drug-likeness (QED) is 0.826. The van der Waals surface area contributed by atoms with E-state index in [-0.39, 0.29) is 24.1 Å². The van der Waals surface area contributed by atoms with E-state index in [1.807, 2.05) is 37.3 Å². The van der Waals surface area contributed by atoms with E-state index in [0.717, 1.165) is 24.1 Å². The van der Waals surface area contributed by atoms with Crippen LogP contribution >= 0.6 is 0 Å². The summed E-state index contributed by atoms with van der Waals surface area (Å²) in [4.78, 5) is 27.7. The van der Waals surface area contributed by atoms with Crippen LogP contribution in [0.15, 0.2) is 40.9 Å². The van der Waals surface area contributed by atoms with Gasteiger partial charge in [-0.15, -0.1) is 0 Å². The highest BCUT2D eigenvalue weighted by molar-refractivity contribution is 5.92. The molecule has 0 bridgehead atoms. The molecule has 2 N–H and O–H groups in total. The van der Waals surface area contributed by atoms with Crippen LogP contribution in [0.2, 0.25) is 0 Å². The van der Waals surface area contributed by atoms with E-state index in [0.29, 0.717) is 25.8 Å². The van der Waals surface area contributed by atoms with Crippen LogP contribution in [-0.2, 0) is 11.2 Å². The van der Waals surface area contributed by atoms with Crippen LogP contribution in [-0.4, -0.2) is 46.2 Å². The van der Waals surface area contributed by atoms with Crippen molar-refractivity contribution in [1.29, 1.82) is 0 Å². The molecule has 3 atom stereocenters. The van der Waals surface area contributed by atoms with E-state index in [1.165, 1.54) is 0 Å². The molecule has 0 unspecified atom stereocenters. The maximum Gasteiger partial charge on any atom is 0.292 e. The molecule has 4 rings (SSSR count). The van der Waals surface area contributed by atoms with Crippen LogP contribution in [0.1, 0.15) is 60.5 Å². The van der Waals surface area contributed by atoms with Crippen molar-refractivity contribution >= 4 is 11.8 Å². The number of aliphatic hydroxyl groups excluding tert-OH is 1. The average molecular weight is 397 g/mol. The number of hydrogen-bond acceptors (Lipinski definition) is 5. The molecule has 1 spiro atoms. The molecule has 29 heavy (non-hydrogen) atoms. The van der Waals surface area contributed by atoms with Crippen LogP contribution < -0.4 is 5.32 Å². The number of nitrogens with zero attached hydrogens (tertiary/aromatic N) is 2. The Morgan fingerprint density at radius 3 is 2.93 bits per heavy atom. The molecule has 1 aromatic carbocycles. The molecule has 2 fully saturated rings. The molecule has 0 radical (unpaired) electrons. The van der Waals surface area contributed by atoms with Gasteiger partial charge in [0.1, 0.15) is 0 Å². The fourth-order valence-corrected chi connectivity index (χ4v) is 4.57. The summed E-state index contributed by atoms with van der Waals surface area (Å²) in [6.07, 6.45) is 2.67. The van der Waals surface area contributed by atoms with E-state index in [1.54, 1.807) is 11.0 Å². The molecule has 154 valence electrons. The van der Waals surface area contributed by atoms with Gasteiger partial charge in [0.05, 0.1) is 23.3 Å². The van der Waals surface area contributed by atoms with Crippen molar-refractivity contribution in [3.63, 3.8) is 0 Å². The maximum atomic E-state index is 13.1. The minimum Gasteiger partial charge on any atom is -0.391 e. The lowest BCUT2D eigenvalue weighted by molar-refractivity contribution is -0.144. The van der Waals surface area contributed by atoms with Crippen LogP contribution in [0.3, 0.4) is 0 Å². The molecule has 2 aromatic rings. The Balaban J connectivity index is 1.49. The van der Waals surface area contributed by atoms with Gasteiger partial charge in [-0.3, -0.25) is 9.59 Å². The van der Waals surface area contributed by atoms with Gasteiger partial charge in [0.2, 0.25) is 11.7 Å². The minimum atomic E-state index is -0.773. The minimum absolute atomic E-state index is 0.0987. The number of hydrogen-bond donors (Lipinski definition) is 2. The highest BCUT2D eigenvalue weighted by Gasteiger charge is 2.50. The van der Waals surface area contributed by atoms with Gasteiger partial charge in [-0.25, -0.2) is 0 Å². The van der Waals surface area contributed by atoms with Gasteiger partial charge in [0, 0.05) is 19.2 Å². The smallest absolute Gasteiger partial charge is 0.292 e. The standard InChI is InChI=1S/C22H27N3O4/c1-2-7-16-12-18(29-24-16)20(27)25-11-6-10-22(14-25)13-17(26)19(23-21(22)28)15-8-4-3-5-9-15/h3-5,8-9,12,17,19,26H,2,6-7,10-11,13-14H2,1H3,(H,23,28)/t17-,19+,22-/m1/s1. The highest BCUT2D eigenvalue weighted by atomic mass is 16.5. The molecule has 3 heterocycles. The van der Waals surface area contributed by atoms with Crippen LogP contribution in [0.25, 0.3) is 0 Å². The fourth-order valence-electron chi connectivity index (χ4n) is 4.57. The molecule has 2 aliphatic heterocycles. The Labute approximate surface area is 170 Å². The van der Waals surface area contributed by atoms with Gasteiger partial charge >= 0.3 is 0 Å². The molecule has 0 saturated carbocycles. The summed E-state index contributed by atoms with van der Waals surface area (Å²) in [5.74, 6) is -0.130. The monoisotopic (exact) mass is 397 g/mol. The molecular weight excluding hydrogens is 370 g/mol. The Morgan fingerprint density at radius 2 is 2.17 bits per heavy atom. The first-order valence-corrected chi connectivity index (χ1v) is 10.3. The molecule has 2 aliphatic rings. The van der Waals surface area contributed by atoms with Crippen LogP contribution in [0.4, 0.5) is 0 Å². The number of benzene rings is 1. The summed E-state index contributed by atoms with van der Waals surface area (Å²) >= 11 is 0. The summed E-state index contributed by atoms with van der Waals surface area (Å²) in [5, 5.41) is 17.8. The number of aromatic nitrogens is 1. The van der Waals surface area contributed by atoms with Gasteiger partial charge in [0.25, 0.3) is 5.91 Å². The first-order valence-electron chi connectivity index (χ1n) is 10.3. The van der Waals surface area contributed by atoms with Gasteiger partial charge in [-0.2, -0.15) is 0 Å². The molecule has 2 saturated heterocycles. The number of carbonyl (C=O) groups is 2. The predicted molar refractivity (Wildman–Crippen MR) is 106 cm³/mol. The van der Waals surface area contributed by atoms with E-state index in [4.69, 9.17) is 4.52 Å². The van der Waals surface area contributed by atoms with Crippen molar-refractivity contribution in [3.8, 4) is 0 Å². The van der Waals surface area contributed by atoms with E-state index in [2.05, 4.69) is 10.5 Å². The number of piperidine rings is 2. The number of nitrogens with one attached hydrogen (secondary N) is 1. The molecule has 0 aliphatic carbocycles. The second-order valence-electron chi connectivity index (χ2n) is 8.18. The van der Waals surface area contributed by atoms with Crippen molar-refractivity contribution in [1.82, 2.24) is 15.4 Å². The molecule has 2 amide bonds. The van der Waals surface area contributed by atoms with Crippen molar-refractivity contribution < 1.29 is 19.2 Å². The Hall–Kier alpha value is -2.67. The third kappa shape index (κ3) is 3.79. The number of aryl methyl sites for hydroxylation is 1. The molecule has 1 aromatic heterocycles. The molecular formula is C22H27N3O4. The number of amides is 2. The lowest BCUT2D eigenvalue weighted by Gasteiger charge is -2.47. The van der Waals surface area contributed by atoms with Crippen molar-refractivity contribution in [2.24, 2.45) is 5.41 Å². The van der Waals surface area contributed by atoms with Gasteiger partial charge < -0.3 is 19.8 Å². The van der Waals surface area contributed by atoms with Crippen molar-refractivity contribution in [3.05, 3.63) is 53.4 Å². The number of likely N-dealkylation sites (tertiary alicyclic amines) is 1. The predicted octanol–water partition coefficient (Wildman–Crippen LogP) is 2.47. The summed E-state index contributed by atoms with van der Waals surface area (Å²) in [6.45, 7) is 2.89. The number of aliphatic hydroxyl groups is 1. The van der Waals surface area contributed by atoms with E-state index >= 15 is 0 Å². The van der Waals surface area contributed by atoms with Gasteiger partial charge in [0.15, 0.2) is 0 Å². The lowest BCUT2D eigenvalue weighted by atomic mass is 9.70. The molecule has 7 nitrogen and oxygen atoms in total. The third-order valence-corrected chi connectivity index (χ3v) is 6.05. The normalized spacial score (nSPS) is 27.1. The van der Waals surface area contributed by atoms with Crippen LogP contribution in [0.5, 0.6) is 0 Å². The first-order chi connectivity index (χ1) is 14.0. The summed E-state index contributed by atoms with van der Waals surface area (Å²) in [7, 11) is 0. The number of carbonyl (C=O) groups excluding carboxylic acids is 2. The van der Waals surface area contributed by atoms with Gasteiger partial charge in [-0.1, -0.05) is 48.8 Å². The average Bonchev–Trinajstić information content (AvgIpc) is 3.20. The second-order valence-corrected chi connectivity index (χ2v) is 8.18. The summed E-state index contributed by atoms with van der Waals surface area (Å²) in [5.41, 5.74) is 0.876. The molecule has 7 heteroatoms. The largest absolute Gasteiger partial charge is 0.391 e. The third-order valence-electron chi connectivity index (χ3n) is 6.05. The van der Waals surface area contributed by atoms with Crippen molar-refractivity contribution in [2.75, 3.05) is 13.1 Å². The van der Waals surface area contributed by atoms with E-state index in [9.17, 15) is 14.7 Å².